The van der Waals surface area contributed by atoms with Gasteiger partial charge in [-0.1, -0.05) is 13.8 Å². The Bertz CT molecular complexity index is 867. The molecule has 8 atom stereocenters. The zero-order chi connectivity index (χ0) is 23.6. The van der Waals surface area contributed by atoms with Crippen LogP contribution in [0.4, 0.5) is 0 Å². The number of ether oxygens (including phenoxy) is 1. The van der Waals surface area contributed by atoms with Gasteiger partial charge in [0, 0.05) is 12.0 Å². The number of likely N-dealkylation sites (tertiary alicyclic amines) is 1. The van der Waals surface area contributed by atoms with Crippen molar-refractivity contribution in [1.29, 1.82) is 0 Å². The smallest absolute Gasteiger partial charge is 0.136 e. The Balaban J connectivity index is 1.16. The number of hydrogen-bond acceptors (Lipinski definition) is 5. The minimum absolute atomic E-state index is 0.268. The third kappa shape index (κ3) is 3.26. The van der Waals surface area contributed by atoms with Crippen molar-refractivity contribution in [2.75, 3.05) is 26.2 Å². The highest BCUT2D eigenvalue weighted by Crippen LogP contribution is 2.71. The number of aliphatic hydroxyl groups is 2. The maximum atomic E-state index is 12.3. The molecule has 5 heteroatoms. The van der Waals surface area contributed by atoms with E-state index >= 15 is 0 Å². The van der Waals surface area contributed by atoms with Gasteiger partial charge in [0.1, 0.15) is 11.4 Å². The molecule has 1 aromatic rings. The Morgan fingerprint density at radius 1 is 1.00 bits per heavy atom. The van der Waals surface area contributed by atoms with Gasteiger partial charge in [-0.3, -0.25) is 0 Å². The van der Waals surface area contributed by atoms with E-state index in [1.54, 1.807) is 6.26 Å². The molecule has 0 radical (unpaired) electrons. The standard InChI is InChI=1S/C29H45NO4/c1-26-11-9-22(33-19-17-30-15-3-4-16-30)20-21(26)7-8-24-23(26)10-12-27(2)28(24,31)13-14-29(27,32)25-6-5-18-34-25/h5-6,18,21-24,31-32H,3-4,7-17,19-20H2,1-2H3/t21?,22?,23-,24-,26+,27+,28-,29?/m1/s1. The van der Waals surface area contributed by atoms with E-state index in [9.17, 15) is 10.2 Å². The van der Waals surface area contributed by atoms with Crippen molar-refractivity contribution in [1.82, 2.24) is 4.90 Å². The predicted octanol–water partition coefficient (Wildman–Crippen LogP) is 5.11. The first kappa shape index (κ1) is 23.5. The van der Waals surface area contributed by atoms with Gasteiger partial charge in [0.15, 0.2) is 0 Å². The van der Waals surface area contributed by atoms with Crippen LogP contribution in [0.5, 0.6) is 0 Å². The van der Waals surface area contributed by atoms with Crippen molar-refractivity contribution in [3.63, 3.8) is 0 Å². The monoisotopic (exact) mass is 471 g/mol. The molecule has 1 aliphatic heterocycles. The third-order valence-corrected chi connectivity index (χ3v) is 11.8. The molecule has 6 rings (SSSR count). The lowest BCUT2D eigenvalue weighted by Gasteiger charge is -2.64. The summed E-state index contributed by atoms with van der Waals surface area (Å²) in [6.45, 7) is 9.12. The molecule has 34 heavy (non-hydrogen) atoms. The van der Waals surface area contributed by atoms with Crippen molar-refractivity contribution in [3.8, 4) is 0 Å². The molecule has 5 fully saturated rings. The molecule has 0 spiro atoms. The topological polar surface area (TPSA) is 66.1 Å². The highest BCUT2D eigenvalue weighted by Gasteiger charge is 2.72. The van der Waals surface area contributed by atoms with Crippen LogP contribution in [0.1, 0.15) is 90.2 Å². The molecule has 4 aliphatic carbocycles. The van der Waals surface area contributed by atoms with Gasteiger partial charge < -0.3 is 24.3 Å². The molecule has 2 N–H and O–H groups in total. The second-order valence-electron chi connectivity index (χ2n) is 12.9. The van der Waals surface area contributed by atoms with Crippen LogP contribution in [-0.2, 0) is 10.3 Å². The molecule has 0 aromatic carbocycles. The van der Waals surface area contributed by atoms with Crippen molar-refractivity contribution in [3.05, 3.63) is 24.2 Å². The average molecular weight is 472 g/mol. The first-order chi connectivity index (χ1) is 16.3. The summed E-state index contributed by atoms with van der Waals surface area (Å²) in [5.41, 5.74) is -2.18. The Kier molecular flexibility index (Phi) is 5.76. The van der Waals surface area contributed by atoms with Crippen molar-refractivity contribution >= 4 is 0 Å². The average Bonchev–Trinajstić information content (AvgIpc) is 3.57. The van der Waals surface area contributed by atoms with E-state index in [-0.39, 0.29) is 11.3 Å². The second-order valence-corrected chi connectivity index (χ2v) is 12.9. The van der Waals surface area contributed by atoms with E-state index in [1.807, 2.05) is 12.1 Å². The largest absolute Gasteiger partial charge is 0.466 e. The van der Waals surface area contributed by atoms with Crippen molar-refractivity contribution < 1.29 is 19.4 Å². The summed E-state index contributed by atoms with van der Waals surface area (Å²) in [6.07, 6.45) is 13.8. The lowest BCUT2D eigenvalue weighted by Crippen LogP contribution is -2.64. The number of fused-ring (bicyclic) bond motifs is 5. The van der Waals surface area contributed by atoms with Gasteiger partial charge in [0.05, 0.1) is 24.6 Å². The fourth-order valence-electron chi connectivity index (χ4n) is 9.62. The van der Waals surface area contributed by atoms with Gasteiger partial charge in [0.2, 0.25) is 0 Å². The van der Waals surface area contributed by atoms with E-state index in [0.29, 0.717) is 36.5 Å². The summed E-state index contributed by atoms with van der Waals surface area (Å²) in [7, 11) is 0. The molecule has 0 amide bonds. The maximum Gasteiger partial charge on any atom is 0.136 e. The summed E-state index contributed by atoms with van der Waals surface area (Å²) in [6, 6.07) is 3.75. The molecule has 2 heterocycles. The summed E-state index contributed by atoms with van der Waals surface area (Å²) in [5, 5.41) is 24.2. The van der Waals surface area contributed by atoms with E-state index in [4.69, 9.17) is 9.15 Å². The number of hydrogen-bond donors (Lipinski definition) is 2. The zero-order valence-electron chi connectivity index (χ0n) is 21.3. The quantitative estimate of drug-likeness (QED) is 0.625. The van der Waals surface area contributed by atoms with E-state index in [0.717, 1.165) is 38.8 Å². The van der Waals surface area contributed by atoms with Gasteiger partial charge in [0.25, 0.3) is 0 Å². The van der Waals surface area contributed by atoms with E-state index in [2.05, 4.69) is 18.7 Å². The molecular formula is C29H45NO4. The van der Waals surface area contributed by atoms with Crippen LogP contribution in [0.3, 0.4) is 0 Å². The predicted molar refractivity (Wildman–Crippen MR) is 131 cm³/mol. The van der Waals surface area contributed by atoms with Gasteiger partial charge in [-0.05, 0) is 119 Å². The molecule has 4 saturated carbocycles. The minimum Gasteiger partial charge on any atom is -0.466 e. The molecule has 1 saturated heterocycles. The third-order valence-electron chi connectivity index (χ3n) is 11.8. The number of furan rings is 1. The van der Waals surface area contributed by atoms with Crippen molar-refractivity contribution in [2.45, 2.75) is 102 Å². The molecule has 190 valence electrons. The summed E-state index contributed by atoms with van der Waals surface area (Å²) >= 11 is 0. The van der Waals surface area contributed by atoms with Gasteiger partial charge in [-0.2, -0.15) is 0 Å². The normalized spacial score (nSPS) is 48.9. The first-order valence-corrected chi connectivity index (χ1v) is 14.1. The Hall–Kier alpha value is -0.880. The van der Waals surface area contributed by atoms with Gasteiger partial charge >= 0.3 is 0 Å². The second kappa shape index (κ2) is 8.33. The van der Waals surface area contributed by atoms with Crippen LogP contribution >= 0.6 is 0 Å². The Labute approximate surface area is 205 Å². The zero-order valence-corrected chi connectivity index (χ0v) is 21.3. The van der Waals surface area contributed by atoms with Gasteiger partial charge in [-0.25, -0.2) is 0 Å². The van der Waals surface area contributed by atoms with Crippen LogP contribution in [0.2, 0.25) is 0 Å². The first-order valence-electron chi connectivity index (χ1n) is 14.1. The minimum atomic E-state index is -1.07. The van der Waals surface area contributed by atoms with Crippen LogP contribution in [-0.4, -0.2) is 53.1 Å². The Morgan fingerprint density at radius 2 is 1.82 bits per heavy atom. The molecular weight excluding hydrogens is 426 g/mol. The molecule has 3 unspecified atom stereocenters. The van der Waals surface area contributed by atoms with Crippen LogP contribution < -0.4 is 0 Å². The van der Waals surface area contributed by atoms with Crippen LogP contribution in [0.15, 0.2) is 22.8 Å². The molecule has 5 nitrogen and oxygen atoms in total. The highest BCUT2D eigenvalue weighted by molar-refractivity contribution is 5.27. The van der Waals surface area contributed by atoms with Crippen LogP contribution in [0.25, 0.3) is 0 Å². The molecule has 1 aromatic heterocycles. The fourth-order valence-corrected chi connectivity index (χ4v) is 9.62. The SMILES string of the molecule is C[C@]12CCC(OCCN3CCCC3)CC1CC[C@@H]1[C@H]2CC[C@]2(C)C(O)(c3ccco3)CC[C@@]12O. The van der Waals surface area contributed by atoms with E-state index < -0.39 is 16.6 Å². The lowest BCUT2D eigenvalue weighted by atomic mass is 9.43. The summed E-state index contributed by atoms with van der Waals surface area (Å²) < 4.78 is 12.1. The summed E-state index contributed by atoms with van der Waals surface area (Å²) in [5.74, 6) is 2.13. The molecule has 0 bridgehead atoms. The maximum absolute atomic E-state index is 12.3. The summed E-state index contributed by atoms with van der Waals surface area (Å²) in [4.78, 5) is 2.55. The number of rotatable bonds is 5. The fraction of sp³-hybridized carbons (Fsp3) is 0.862. The molecule has 5 aliphatic rings. The van der Waals surface area contributed by atoms with Crippen LogP contribution in [0, 0.1) is 28.6 Å². The van der Waals surface area contributed by atoms with E-state index in [1.165, 1.54) is 45.2 Å². The number of nitrogens with zero attached hydrogens (tertiary/aromatic N) is 1. The van der Waals surface area contributed by atoms with Crippen molar-refractivity contribution in [2.24, 2.45) is 28.6 Å². The Morgan fingerprint density at radius 3 is 2.59 bits per heavy atom. The highest BCUT2D eigenvalue weighted by atomic mass is 16.5. The lowest BCUT2D eigenvalue weighted by molar-refractivity contribution is -0.242. The van der Waals surface area contributed by atoms with Gasteiger partial charge in [-0.15, -0.1) is 0 Å².